The average molecular weight is 323 g/mol. The Balaban J connectivity index is 0.00000176. The van der Waals surface area contributed by atoms with Crippen LogP contribution >= 0.6 is 12.4 Å². The minimum Gasteiger partial charge on any atom is -0.338 e. The first kappa shape index (κ1) is 16.9. The zero-order valence-corrected chi connectivity index (χ0v) is 13.7. The van der Waals surface area contributed by atoms with Gasteiger partial charge in [0.05, 0.1) is 13.1 Å². The van der Waals surface area contributed by atoms with Gasteiger partial charge in [-0.3, -0.25) is 0 Å². The highest BCUT2D eigenvalue weighted by atomic mass is 35.5. The standard InChI is InChI=1S/C16H22N4O.ClH/c1-12-5-4-6-13(9-12)16(7-2-3-8-16)18-11-14-19-15(10-17)21-20-14;/h4-6,9,18H,2-3,7-8,10-11,17H2,1H3;1H. The van der Waals surface area contributed by atoms with Crippen molar-refractivity contribution in [2.75, 3.05) is 0 Å². The lowest BCUT2D eigenvalue weighted by molar-refractivity contribution is 0.326. The molecule has 2 aromatic rings. The first-order chi connectivity index (χ1) is 10.2. The number of halogens is 1. The minimum atomic E-state index is 0. The molecule has 0 amide bonds. The number of benzene rings is 1. The second-order valence-electron chi connectivity index (χ2n) is 5.82. The Hall–Kier alpha value is -1.43. The van der Waals surface area contributed by atoms with Gasteiger partial charge in [0.1, 0.15) is 0 Å². The number of rotatable bonds is 5. The van der Waals surface area contributed by atoms with Crippen LogP contribution in [0.3, 0.4) is 0 Å². The SMILES string of the molecule is Cc1cccc(C2(NCc3noc(CN)n3)CCCC2)c1.Cl. The summed E-state index contributed by atoms with van der Waals surface area (Å²) in [5.74, 6) is 1.16. The molecule has 0 unspecified atom stereocenters. The first-order valence-corrected chi connectivity index (χ1v) is 7.55. The van der Waals surface area contributed by atoms with E-state index in [4.69, 9.17) is 10.3 Å². The van der Waals surface area contributed by atoms with E-state index in [-0.39, 0.29) is 24.5 Å². The number of nitrogens with zero attached hydrogens (tertiary/aromatic N) is 2. The Morgan fingerprint density at radius 2 is 2.09 bits per heavy atom. The fraction of sp³-hybridized carbons (Fsp3) is 0.500. The maximum Gasteiger partial charge on any atom is 0.240 e. The van der Waals surface area contributed by atoms with Crippen LogP contribution in [-0.2, 0) is 18.6 Å². The number of nitrogens with two attached hydrogens (primary N) is 1. The van der Waals surface area contributed by atoms with Gasteiger partial charge in [0.15, 0.2) is 5.82 Å². The topological polar surface area (TPSA) is 77.0 Å². The zero-order chi connectivity index (χ0) is 14.7. The van der Waals surface area contributed by atoms with Gasteiger partial charge in [-0.2, -0.15) is 4.98 Å². The molecule has 1 fully saturated rings. The lowest BCUT2D eigenvalue weighted by Crippen LogP contribution is -2.39. The largest absolute Gasteiger partial charge is 0.338 e. The van der Waals surface area contributed by atoms with Crippen molar-refractivity contribution in [1.82, 2.24) is 15.5 Å². The Morgan fingerprint density at radius 3 is 2.73 bits per heavy atom. The molecule has 0 spiro atoms. The summed E-state index contributed by atoms with van der Waals surface area (Å²) in [6.07, 6.45) is 4.80. The number of aromatic nitrogens is 2. The maximum absolute atomic E-state index is 5.50. The molecule has 0 bridgehead atoms. The molecular formula is C16H23ClN4O. The van der Waals surface area contributed by atoms with Gasteiger partial charge >= 0.3 is 0 Å². The molecule has 5 nitrogen and oxygen atoms in total. The van der Waals surface area contributed by atoms with Crippen molar-refractivity contribution in [3.8, 4) is 0 Å². The molecule has 3 N–H and O–H groups in total. The molecule has 0 atom stereocenters. The van der Waals surface area contributed by atoms with E-state index >= 15 is 0 Å². The molecule has 6 heteroatoms. The molecule has 120 valence electrons. The van der Waals surface area contributed by atoms with Crippen molar-refractivity contribution in [2.45, 2.75) is 51.2 Å². The summed E-state index contributed by atoms with van der Waals surface area (Å²) in [4.78, 5) is 4.27. The summed E-state index contributed by atoms with van der Waals surface area (Å²) in [5.41, 5.74) is 8.20. The van der Waals surface area contributed by atoms with Crippen LogP contribution in [-0.4, -0.2) is 10.1 Å². The van der Waals surface area contributed by atoms with Crippen LogP contribution in [0.5, 0.6) is 0 Å². The molecule has 1 saturated carbocycles. The Labute approximate surface area is 137 Å². The number of aryl methyl sites for hydroxylation is 1. The summed E-state index contributed by atoms with van der Waals surface area (Å²) in [6.45, 7) is 3.03. The average Bonchev–Trinajstić information content (AvgIpc) is 3.15. The first-order valence-electron chi connectivity index (χ1n) is 7.55. The van der Waals surface area contributed by atoms with Crippen molar-refractivity contribution in [3.05, 3.63) is 47.1 Å². The predicted octanol–water partition coefficient (Wildman–Crippen LogP) is 2.82. The molecule has 0 aliphatic heterocycles. The van der Waals surface area contributed by atoms with Gasteiger partial charge in [0, 0.05) is 5.54 Å². The van der Waals surface area contributed by atoms with E-state index < -0.39 is 0 Å². The van der Waals surface area contributed by atoms with E-state index in [1.165, 1.54) is 24.0 Å². The molecule has 0 radical (unpaired) electrons. The number of nitrogens with one attached hydrogen (secondary N) is 1. The fourth-order valence-electron chi connectivity index (χ4n) is 3.18. The van der Waals surface area contributed by atoms with E-state index in [1.54, 1.807) is 0 Å². The van der Waals surface area contributed by atoms with Gasteiger partial charge in [-0.15, -0.1) is 12.4 Å². The smallest absolute Gasteiger partial charge is 0.240 e. The monoisotopic (exact) mass is 322 g/mol. The maximum atomic E-state index is 5.50. The zero-order valence-electron chi connectivity index (χ0n) is 12.8. The van der Waals surface area contributed by atoms with E-state index in [0.29, 0.717) is 18.3 Å². The van der Waals surface area contributed by atoms with Gasteiger partial charge in [0.2, 0.25) is 5.89 Å². The quantitative estimate of drug-likeness (QED) is 0.885. The minimum absolute atomic E-state index is 0. The molecule has 1 heterocycles. The van der Waals surface area contributed by atoms with Crippen molar-refractivity contribution in [2.24, 2.45) is 5.73 Å². The summed E-state index contributed by atoms with van der Waals surface area (Å²) in [6, 6.07) is 8.76. The third-order valence-electron chi connectivity index (χ3n) is 4.30. The molecule has 0 saturated heterocycles. The number of hydrogen-bond acceptors (Lipinski definition) is 5. The summed E-state index contributed by atoms with van der Waals surface area (Å²) in [7, 11) is 0. The third kappa shape index (κ3) is 3.48. The van der Waals surface area contributed by atoms with Crippen molar-refractivity contribution in [3.63, 3.8) is 0 Å². The van der Waals surface area contributed by atoms with Crippen LogP contribution in [0.15, 0.2) is 28.8 Å². The molecule has 3 rings (SSSR count). The lowest BCUT2D eigenvalue weighted by atomic mass is 9.87. The summed E-state index contributed by atoms with van der Waals surface area (Å²) in [5, 5.41) is 7.63. The summed E-state index contributed by atoms with van der Waals surface area (Å²) >= 11 is 0. The van der Waals surface area contributed by atoms with Crippen LogP contribution in [0.2, 0.25) is 0 Å². The van der Waals surface area contributed by atoms with Crippen molar-refractivity contribution >= 4 is 12.4 Å². The van der Waals surface area contributed by atoms with Crippen molar-refractivity contribution < 1.29 is 4.52 Å². The van der Waals surface area contributed by atoms with E-state index in [9.17, 15) is 0 Å². The van der Waals surface area contributed by atoms with Crippen LogP contribution in [0.25, 0.3) is 0 Å². The van der Waals surface area contributed by atoms with Crippen LogP contribution in [0.4, 0.5) is 0 Å². The number of hydrogen-bond donors (Lipinski definition) is 2. The van der Waals surface area contributed by atoms with Crippen LogP contribution in [0, 0.1) is 6.92 Å². The predicted molar refractivity (Wildman–Crippen MR) is 87.6 cm³/mol. The highest BCUT2D eigenvalue weighted by Crippen LogP contribution is 2.39. The van der Waals surface area contributed by atoms with Gasteiger partial charge in [0.25, 0.3) is 0 Å². The molecule has 1 aliphatic rings. The fourth-order valence-corrected chi connectivity index (χ4v) is 3.18. The second kappa shape index (κ2) is 7.22. The molecule has 1 aromatic heterocycles. The third-order valence-corrected chi connectivity index (χ3v) is 4.30. The van der Waals surface area contributed by atoms with Crippen LogP contribution in [0.1, 0.15) is 48.5 Å². The van der Waals surface area contributed by atoms with Gasteiger partial charge in [-0.1, -0.05) is 47.8 Å². The van der Waals surface area contributed by atoms with E-state index in [1.807, 2.05) is 0 Å². The molecule has 22 heavy (non-hydrogen) atoms. The Kier molecular flexibility index (Phi) is 5.56. The molecule has 1 aliphatic carbocycles. The molecular weight excluding hydrogens is 300 g/mol. The van der Waals surface area contributed by atoms with Crippen molar-refractivity contribution in [1.29, 1.82) is 0 Å². The van der Waals surface area contributed by atoms with Gasteiger partial charge in [-0.05, 0) is 25.3 Å². The van der Waals surface area contributed by atoms with Gasteiger partial charge < -0.3 is 15.6 Å². The van der Waals surface area contributed by atoms with Gasteiger partial charge in [-0.25, -0.2) is 0 Å². The Morgan fingerprint density at radius 1 is 1.32 bits per heavy atom. The lowest BCUT2D eigenvalue weighted by Gasteiger charge is -2.31. The highest BCUT2D eigenvalue weighted by Gasteiger charge is 2.35. The van der Waals surface area contributed by atoms with Crippen LogP contribution < -0.4 is 11.1 Å². The molecule has 1 aromatic carbocycles. The Bertz CT molecular complexity index is 608. The highest BCUT2D eigenvalue weighted by molar-refractivity contribution is 5.85. The summed E-state index contributed by atoms with van der Waals surface area (Å²) < 4.78 is 5.06. The van der Waals surface area contributed by atoms with E-state index in [0.717, 1.165) is 12.8 Å². The second-order valence-corrected chi connectivity index (χ2v) is 5.82. The van der Waals surface area contributed by atoms with E-state index in [2.05, 4.69) is 46.6 Å². The normalized spacial score (nSPS) is 16.5.